The summed E-state index contributed by atoms with van der Waals surface area (Å²) in [6.45, 7) is 6.82. The molecule has 0 N–H and O–H groups in total. The lowest BCUT2D eigenvalue weighted by molar-refractivity contribution is -0.189. The summed E-state index contributed by atoms with van der Waals surface area (Å²) in [7, 11) is 1.59. The predicted octanol–water partition coefficient (Wildman–Crippen LogP) is 2.65. The van der Waals surface area contributed by atoms with E-state index >= 15 is 0 Å². The molecule has 3 aliphatic heterocycles. The van der Waals surface area contributed by atoms with Gasteiger partial charge >= 0.3 is 0 Å². The number of fused-ring (bicyclic) bond motifs is 1. The van der Waals surface area contributed by atoms with Crippen molar-refractivity contribution in [3.05, 3.63) is 60.7 Å². The van der Waals surface area contributed by atoms with Crippen LogP contribution in [-0.4, -0.2) is 90.2 Å². The number of hydrogen-bond acceptors (Lipinski definition) is 10. The van der Waals surface area contributed by atoms with E-state index in [1.54, 1.807) is 30.1 Å². The van der Waals surface area contributed by atoms with Crippen LogP contribution in [0.4, 0.5) is 5.82 Å². The Morgan fingerprint density at radius 2 is 1.95 bits per heavy atom. The van der Waals surface area contributed by atoms with Crippen LogP contribution in [0.3, 0.4) is 0 Å². The van der Waals surface area contributed by atoms with Gasteiger partial charge in [-0.05, 0) is 24.3 Å². The van der Waals surface area contributed by atoms with Crippen LogP contribution in [0.25, 0.3) is 16.6 Å². The average Bonchev–Trinajstić information content (AvgIpc) is 3.34. The molecule has 3 fully saturated rings. The van der Waals surface area contributed by atoms with Crippen molar-refractivity contribution in [1.82, 2.24) is 24.5 Å². The summed E-state index contributed by atoms with van der Waals surface area (Å²) in [4.78, 5) is 13.5. The Morgan fingerprint density at radius 1 is 1.07 bits per heavy atom. The maximum atomic E-state index is 9.69. The van der Waals surface area contributed by atoms with Crippen LogP contribution < -0.4 is 19.1 Å². The number of anilines is 1. The highest BCUT2D eigenvalue weighted by molar-refractivity contribution is 5.85. The first-order valence-corrected chi connectivity index (χ1v) is 13.3. The van der Waals surface area contributed by atoms with Gasteiger partial charge in [0.15, 0.2) is 0 Å². The van der Waals surface area contributed by atoms with E-state index in [0.717, 1.165) is 74.1 Å². The van der Waals surface area contributed by atoms with E-state index < -0.39 is 0 Å². The Kier molecular flexibility index (Phi) is 6.14. The smallest absolute Gasteiger partial charge is 0.213 e. The van der Waals surface area contributed by atoms with Gasteiger partial charge in [-0.15, -0.1) is 0 Å². The van der Waals surface area contributed by atoms with E-state index in [1.807, 2.05) is 36.7 Å². The summed E-state index contributed by atoms with van der Waals surface area (Å²) in [5.41, 5.74) is 3.39. The molecule has 3 aliphatic rings. The molecule has 11 nitrogen and oxygen atoms in total. The molecule has 0 saturated carbocycles. The van der Waals surface area contributed by atoms with Gasteiger partial charge in [-0.3, -0.25) is 4.90 Å². The van der Waals surface area contributed by atoms with Gasteiger partial charge in [0.2, 0.25) is 5.88 Å². The fraction of sp³-hybridized carbons (Fsp3) is 0.379. The highest BCUT2D eigenvalue weighted by Crippen LogP contribution is 2.37. The second-order valence-corrected chi connectivity index (χ2v) is 10.7. The van der Waals surface area contributed by atoms with Gasteiger partial charge in [0.25, 0.3) is 0 Å². The number of pyridine rings is 3. The Morgan fingerprint density at radius 3 is 2.62 bits per heavy atom. The first-order valence-electron chi connectivity index (χ1n) is 13.3. The summed E-state index contributed by atoms with van der Waals surface area (Å²) >= 11 is 0. The maximum Gasteiger partial charge on any atom is 0.213 e. The van der Waals surface area contributed by atoms with Crippen molar-refractivity contribution in [2.75, 3.05) is 64.6 Å². The van der Waals surface area contributed by atoms with E-state index in [1.165, 1.54) is 0 Å². The summed E-state index contributed by atoms with van der Waals surface area (Å²) < 4.78 is 24.3. The lowest BCUT2D eigenvalue weighted by Gasteiger charge is -2.55. The molecule has 0 radical (unpaired) electrons. The highest BCUT2D eigenvalue weighted by atomic mass is 16.5. The predicted molar refractivity (Wildman–Crippen MR) is 146 cm³/mol. The van der Waals surface area contributed by atoms with Gasteiger partial charge < -0.3 is 23.8 Å². The van der Waals surface area contributed by atoms with Crippen LogP contribution in [0.5, 0.6) is 17.4 Å². The van der Waals surface area contributed by atoms with Crippen LogP contribution in [0.15, 0.2) is 55.1 Å². The van der Waals surface area contributed by atoms with Gasteiger partial charge in [-0.2, -0.15) is 10.4 Å². The molecule has 0 amide bonds. The normalized spacial score (nSPS) is 18.1. The lowest BCUT2D eigenvalue weighted by Crippen LogP contribution is -2.66. The number of methoxy groups -OCH3 is 1. The molecule has 0 atom stereocenters. The first-order chi connectivity index (χ1) is 19.6. The van der Waals surface area contributed by atoms with Gasteiger partial charge in [-0.1, -0.05) is 0 Å². The van der Waals surface area contributed by atoms with E-state index in [0.29, 0.717) is 29.2 Å². The first kappa shape index (κ1) is 24.6. The van der Waals surface area contributed by atoms with E-state index in [4.69, 9.17) is 23.9 Å². The highest BCUT2D eigenvalue weighted by Gasteiger charge is 2.48. The van der Waals surface area contributed by atoms with Crippen molar-refractivity contribution in [3.8, 4) is 34.6 Å². The molecule has 3 saturated heterocycles. The Bertz CT molecular complexity index is 1550. The molecule has 0 aliphatic carbocycles. The Hall–Kier alpha value is -4.40. The standard InChI is InChI=1S/C29H29N7O4/c1-37-27-5-3-22(12-32-27)40-24-13-35(14-24)26-4-2-20(10-31-26)25-8-23(15-36-28(25)21(9-30)11-33-36)39-7-6-34-16-29(17-34)18-38-19-29/h2-5,8,10-12,15,24H,6-7,13-14,16-19H2,1H3. The minimum absolute atomic E-state index is 0.0685. The van der Waals surface area contributed by atoms with E-state index in [9.17, 15) is 5.26 Å². The quantitative estimate of drug-likeness (QED) is 0.315. The van der Waals surface area contributed by atoms with Crippen molar-refractivity contribution in [2.45, 2.75) is 6.10 Å². The Balaban J connectivity index is 1.02. The van der Waals surface area contributed by atoms with E-state index in [-0.39, 0.29) is 6.10 Å². The summed E-state index contributed by atoms with van der Waals surface area (Å²) in [5, 5.41) is 14.1. The molecule has 204 valence electrons. The molecule has 0 bridgehead atoms. The van der Waals surface area contributed by atoms with Crippen LogP contribution in [0.1, 0.15) is 5.56 Å². The SMILES string of the molecule is COc1ccc(OC2CN(c3ccc(-c4cc(OCCN5CC6(COC6)C5)cn5ncc(C#N)c45)cn3)C2)cn1. The monoisotopic (exact) mass is 539 g/mol. The molecule has 7 heterocycles. The zero-order valence-corrected chi connectivity index (χ0v) is 22.2. The largest absolute Gasteiger partial charge is 0.491 e. The van der Waals surface area contributed by atoms with Crippen molar-refractivity contribution in [2.24, 2.45) is 5.41 Å². The topological polar surface area (TPSA) is 110 Å². The molecule has 1 spiro atoms. The summed E-state index contributed by atoms with van der Waals surface area (Å²) in [5.74, 6) is 2.86. The third kappa shape index (κ3) is 4.55. The molecule has 11 heteroatoms. The molecule has 7 rings (SSSR count). The van der Waals surface area contributed by atoms with Crippen LogP contribution in [-0.2, 0) is 4.74 Å². The molecule has 0 aromatic carbocycles. The van der Waals surface area contributed by atoms with Gasteiger partial charge in [0.1, 0.15) is 36.1 Å². The number of rotatable bonds is 9. The molecule has 4 aromatic rings. The van der Waals surface area contributed by atoms with Gasteiger partial charge in [0, 0.05) is 48.4 Å². The maximum absolute atomic E-state index is 9.69. The van der Waals surface area contributed by atoms with Crippen molar-refractivity contribution < 1.29 is 18.9 Å². The summed E-state index contributed by atoms with van der Waals surface area (Å²) in [6.07, 6.45) is 6.99. The van der Waals surface area contributed by atoms with Crippen LogP contribution in [0.2, 0.25) is 0 Å². The molecule has 40 heavy (non-hydrogen) atoms. The zero-order chi connectivity index (χ0) is 27.1. The van der Waals surface area contributed by atoms with Gasteiger partial charge in [-0.25, -0.2) is 14.5 Å². The lowest BCUT2D eigenvalue weighted by atomic mass is 9.78. The number of hydrogen-bond donors (Lipinski definition) is 0. The summed E-state index contributed by atoms with van der Waals surface area (Å²) in [6, 6.07) is 11.9. The minimum Gasteiger partial charge on any atom is -0.491 e. The Labute approximate surface area is 231 Å². The minimum atomic E-state index is 0.0685. The molecular weight excluding hydrogens is 510 g/mol. The number of nitrogens with zero attached hydrogens (tertiary/aromatic N) is 7. The van der Waals surface area contributed by atoms with Crippen molar-refractivity contribution in [1.29, 1.82) is 5.26 Å². The van der Waals surface area contributed by atoms with Crippen molar-refractivity contribution >= 4 is 11.3 Å². The number of nitriles is 1. The van der Waals surface area contributed by atoms with E-state index in [2.05, 4.69) is 26.0 Å². The number of ether oxygens (including phenoxy) is 4. The zero-order valence-electron chi connectivity index (χ0n) is 22.2. The van der Waals surface area contributed by atoms with Crippen LogP contribution in [0, 0.1) is 16.7 Å². The van der Waals surface area contributed by atoms with Crippen molar-refractivity contribution in [3.63, 3.8) is 0 Å². The number of aromatic nitrogens is 4. The fourth-order valence-corrected chi connectivity index (χ4v) is 5.59. The number of likely N-dealkylation sites (tertiary alicyclic amines) is 1. The second-order valence-electron chi connectivity index (χ2n) is 10.7. The molecular formula is C29H29N7O4. The third-order valence-corrected chi connectivity index (χ3v) is 7.77. The molecule has 4 aromatic heterocycles. The van der Waals surface area contributed by atoms with Gasteiger partial charge in [0.05, 0.1) is 63.1 Å². The average molecular weight is 540 g/mol. The third-order valence-electron chi connectivity index (χ3n) is 7.77. The molecule has 0 unspecified atom stereocenters. The second kappa shape index (κ2) is 9.97. The van der Waals surface area contributed by atoms with Crippen LogP contribution >= 0.6 is 0 Å². The fourth-order valence-electron chi connectivity index (χ4n) is 5.59.